The van der Waals surface area contributed by atoms with Gasteiger partial charge in [-0.1, -0.05) is 6.07 Å². The predicted molar refractivity (Wildman–Crippen MR) is 104 cm³/mol. The molecule has 2 aromatic rings. The lowest BCUT2D eigenvalue weighted by Crippen LogP contribution is -2.57. The van der Waals surface area contributed by atoms with Gasteiger partial charge in [-0.05, 0) is 36.2 Å². The zero-order chi connectivity index (χ0) is 20.9. The van der Waals surface area contributed by atoms with Crippen molar-refractivity contribution in [1.82, 2.24) is 9.88 Å². The monoisotopic (exact) mass is 418 g/mol. The van der Waals surface area contributed by atoms with Crippen LogP contribution in [0.5, 0.6) is 5.75 Å². The molecule has 3 unspecified atom stereocenters. The standard InChI is InChI=1S/C21H21F3N4O2/c22-18(23)10-28-7-5-17-15(9-28)21(11-29-20(25)27-21)14-8-12(3-4-16(14)30-17)13-2-1-6-26-19(13)24/h1-4,6,8,15,17-18H,5,7,9-11H2,(H2,25,27). The maximum absolute atomic E-state index is 14.3. The molecule has 0 amide bonds. The van der Waals surface area contributed by atoms with E-state index >= 15 is 0 Å². The van der Waals surface area contributed by atoms with Crippen LogP contribution in [0.3, 0.4) is 0 Å². The van der Waals surface area contributed by atoms with Crippen LogP contribution in [0.25, 0.3) is 11.1 Å². The van der Waals surface area contributed by atoms with Gasteiger partial charge in [0.15, 0.2) is 0 Å². The highest BCUT2D eigenvalue weighted by Crippen LogP contribution is 2.51. The van der Waals surface area contributed by atoms with Crippen molar-refractivity contribution in [2.75, 3.05) is 26.2 Å². The average Bonchev–Trinajstić information content (AvgIpc) is 3.11. The molecule has 3 atom stereocenters. The Hall–Kier alpha value is -2.81. The maximum atomic E-state index is 14.3. The first kappa shape index (κ1) is 19.2. The summed E-state index contributed by atoms with van der Waals surface area (Å²) in [5.41, 5.74) is 6.74. The van der Waals surface area contributed by atoms with Crippen LogP contribution in [0, 0.1) is 11.9 Å². The molecule has 9 heteroatoms. The normalized spacial score (nSPS) is 27.9. The number of aromatic nitrogens is 1. The van der Waals surface area contributed by atoms with E-state index in [1.165, 1.54) is 6.20 Å². The number of amidine groups is 1. The van der Waals surface area contributed by atoms with Crippen molar-refractivity contribution in [3.05, 3.63) is 48.0 Å². The van der Waals surface area contributed by atoms with Gasteiger partial charge in [0.2, 0.25) is 5.95 Å². The Morgan fingerprint density at radius 3 is 2.90 bits per heavy atom. The molecule has 1 aromatic carbocycles. The number of nitrogens with two attached hydrogens (primary N) is 1. The number of benzene rings is 1. The fourth-order valence-electron chi connectivity index (χ4n) is 4.83. The van der Waals surface area contributed by atoms with Crippen LogP contribution in [0.2, 0.25) is 0 Å². The molecule has 0 radical (unpaired) electrons. The van der Waals surface area contributed by atoms with Crippen molar-refractivity contribution < 1.29 is 22.6 Å². The molecule has 1 aromatic heterocycles. The molecule has 4 heterocycles. The highest BCUT2D eigenvalue weighted by atomic mass is 19.3. The number of hydrogen-bond donors (Lipinski definition) is 1. The van der Waals surface area contributed by atoms with Crippen LogP contribution in [-0.2, 0) is 10.3 Å². The molecule has 1 fully saturated rings. The average molecular weight is 418 g/mol. The summed E-state index contributed by atoms with van der Waals surface area (Å²) in [5, 5.41) is 0. The molecule has 1 spiro atoms. The first-order valence-corrected chi connectivity index (χ1v) is 9.87. The Balaban J connectivity index is 1.60. The van der Waals surface area contributed by atoms with E-state index in [0.717, 1.165) is 5.56 Å². The fraction of sp³-hybridized carbons (Fsp3) is 0.429. The number of alkyl halides is 2. The van der Waals surface area contributed by atoms with E-state index in [9.17, 15) is 13.2 Å². The minimum absolute atomic E-state index is 0.0607. The van der Waals surface area contributed by atoms with Crippen LogP contribution < -0.4 is 10.5 Å². The second-order valence-electron chi connectivity index (χ2n) is 7.92. The molecule has 1 saturated heterocycles. The number of halogens is 3. The number of hydrogen-bond acceptors (Lipinski definition) is 6. The number of rotatable bonds is 3. The number of pyridine rings is 1. The van der Waals surface area contributed by atoms with Crippen LogP contribution in [-0.4, -0.2) is 54.7 Å². The predicted octanol–water partition coefficient (Wildman–Crippen LogP) is 2.78. The van der Waals surface area contributed by atoms with Gasteiger partial charge in [0.05, 0.1) is 6.54 Å². The molecule has 0 saturated carbocycles. The van der Waals surface area contributed by atoms with Gasteiger partial charge < -0.3 is 15.2 Å². The quantitative estimate of drug-likeness (QED) is 0.776. The summed E-state index contributed by atoms with van der Waals surface area (Å²) >= 11 is 0. The van der Waals surface area contributed by atoms with Gasteiger partial charge in [0.1, 0.15) is 24.0 Å². The summed E-state index contributed by atoms with van der Waals surface area (Å²) in [5.74, 6) is -0.159. The zero-order valence-corrected chi connectivity index (χ0v) is 16.1. The van der Waals surface area contributed by atoms with Gasteiger partial charge in [0.25, 0.3) is 12.4 Å². The third kappa shape index (κ3) is 3.08. The van der Waals surface area contributed by atoms with E-state index in [4.69, 9.17) is 15.2 Å². The van der Waals surface area contributed by atoms with Gasteiger partial charge in [0, 0.05) is 36.3 Å². The Kier molecular flexibility index (Phi) is 4.57. The molecular formula is C21H21F3N4O2. The smallest absolute Gasteiger partial charge is 0.283 e. The Labute approximate surface area is 171 Å². The first-order valence-electron chi connectivity index (χ1n) is 9.87. The summed E-state index contributed by atoms with van der Waals surface area (Å²) < 4.78 is 52.1. The summed E-state index contributed by atoms with van der Waals surface area (Å²) in [6, 6.07) is 8.77. The largest absolute Gasteiger partial charge is 0.490 e. The molecular weight excluding hydrogens is 397 g/mol. The van der Waals surface area contributed by atoms with Crippen LogP contribution >= 0.6 is 0 Å². The van der Waals surface area contributed by atoms with E-state index in [2.05, 4.69) is 9.98 Å². The third-order valence-electron chi connectivity index (χ3n) is 6.19. The van der Waals surface area contributed by atoms with Gasteiger partial charge in [-0.25, -0.2) is 18.8 Å². The number of piperidine rings is 1. The van der Waals surface area contributed by atoms with E-state index in [0.29, 0.717) is 36.4 Å². The Morgan fingerprint density at radius 1 is 1.30 bits per heavy atom. The summed E-state index contributed by atoms with van der Waals surface area (Å²) in [6.07, 6.45) is -0.608. The number of fused-ring (bicyclic) bond motifs is 4. The maximum Gasteiger partial charge on any atom is 0.283 e. The van der Waals surface area contributed by atoms with E-state index in [1.54, 1.807) is 29.2 Å². The number of nitrogens with zero attached hydrogens (tertiary/aromatic N) is 3. The Bertz CT molecular complexity index is 1000. The SMILES string of the molecule is NC1=NC2(CO1)c1cc(-c3cccnc3F)ccc1OC1CCN(CC(F)F)CC12. The second-order valence-corrected chi connectivity index (χ2v) is 7.92. The molecule has 5 rings (SSSR count). The van der Waals surface area contributed by atoms with Crippen molar-refractivity contribution in [2.24, 2.45) is 16.6 Å². The van der Waals surface area contributed by atoms with Crippen LogP contribution in [0.1, 0.15) is 12.0 Å². The first-order chi connectivity index (χ1) is 14.5. The van der Waals surface area contributed by atoms with Crippen LogP contribution in [0.15, 0.2) is 41.5 Å². The topological polar surface area (TPSA) is 73.0 Å². The molecule has 6 nitrogen and oxygen atoms in total. The number of likely N-dealkylation sites (tertiary alicyclic amines) is 1. The summed E-state index contributed by atoms with van der Waals surface area (Å²) in [7, 11) is 0. The summed E-state index contributed by atoms with van der Waals surface area (Å²) in [4.78, 5) is 10.1. The third-order valence-corrected chi connectivity index (χ3v) is 6.19. The van der Waals surface area contributed by atoms with Gasteiger partial charge in [-0.3, -0.25) is 4.90 Å². The van der Waals surface area contributed by atoms with Gasteiger partial charge in [-0.2, -0.15) is 4.39 Å². The Morgan fingerprint density at radius 2 is 2.17 bits per heavy atom. The molecule has 3 aliphatic heterocycles. The molecule has 0 bridgehead atoms. The van der Waals surface area contributed by atoms with Crippen molar-refractivity contribution in [2.45, 2.75) is 24.5 Å². The molecule has 2 N–H and O–H groups in total. The van der Waals surface area contributed by atoms with E-state index in [1.807, 2.05) is 6.07 Å². The van der Waals surface area contributed by atoms with Crippen molar-refractivity contribution in [3.63, 3.8) is 0 Å². The van der Waals surface area contributed by atoms with Crippen molar-refractivity contribution >= 4 is 6.02 Å². The second kappa shape index (κ2) is 7.16. The fourth-order valence-corrected chi connectivity index (χ4v) is 4.83. The van der Waals surface area contributed by atoms with Gasteiger partial charge >= 0.3 is 0 Å². The lowest BCUT2D eigenvalue weighted by atomic mass is 9.71. The number of aliphatic imine (C=N–C) groups is 1. The minimum atomic E-state index is -2.41. The van der Waals surface area contributed by atoms with E-state index < -0.39 is 17.9 Å². The highest BCUT2D eigenvalue weighted by Gasteiger charge is 2.55. The van der Waals surface area contributed by atoms with Gasteiger partial charge in [-0.15, -0.1) is 0 Å². The van der Waals surface area contributed by atoms with Crippen LogP contribution in [0.4, 0.5) is 13.2 Å². The van der Waals surface area contributed by atoms with E-state index in [-0.39, 0.29) is 31.2 Å². The molecule has 3 aliphatic rings. The lowest BCUT2D eigenvalue weighted by molar-refractivity contribution is -0.0371. The molecule has 30 heavy (non-hydrogen) atoms. The summed E-state index contributed by atoms with van der Waals surface area (Å²) in [6.45, 7) is 0.807. The van der Waals surface area contributed by atoms with Crippen molar-refractivity contribution in [3.8, 4) is 16.9 Å². The lowest BCUT2D eigenvalue weighted by Gasteiger charge is -2.48. The zero-order valence-electron chi connectivity index (χ0n) is 16.1. The van der Waals surface area contributed by atoms with Crippen molar-refractivity contribution in [1.29, 1.82) is 0 Å². The number of ether oxygens (including phenoxy) is 2. The highest BCUT2D eigenvalue weighted by molar-refractivity contribution is 5.75. The molecule has 158 valence electrons. The minimum Gasteiger partial charge on any atom is -0.490 e. The molecule has 0 aliphatic carbocycles.